The molecule has 2 N–H and O–H groups in total. The third-order valence-corrected chi connectivity index (χ3v) is 4.52. The van der Waals surface area contributed by atoms with Crippen LogP contribution in [-0.2, 0) is 15.8 Å². The van der Waals surface area contributed by atoms with Gasteiger partial charge in [-0.05, 0) is 24.4 Å². The molecule has 1 saturated heterocycles. The van der Waals surface area contributed by atoms with Crippen molar-refractivity contribution in [3.8, 4) is 0 Å². The van der Waals surface area contributed by atoms with Gasteiger partial charge in [-0.25, -0.2) is 13.1 Å². The summed E-state index contributed by atoms with van der Waals surface area (Å²) in [5, 5.41) is 3.24. The molecule has 100 valence electrons. The summed E-state index contributed by atoms with van der Waals surface area (Å²) in [4.78, 5) is 0. The highest BCUT2D eigenvalue weighted by Crippen LogP contribution is 2.12. The van der Waals surface area contributed by atoms with Crippen LogP contribution in [0, 0.1) is 5.92 Å². The van der Waals surface area contributed by atoms with Gasteiger partial charge >= 0.3 is 0 Å². The highest BCUT2D eigenvalue weighted by atomic mass is 32.2. The number of piperidine rings is 1. The highest BCUT2D eigenvalue weighted by Gasteiger charge is 2.23. The largest absolute Gasteiger partial charge is 0.315 e. The lowest BCUT2D eigenvalue weighted by atomic mass is 9.99. The number of sulfonamides is 1. The fraction of sp³-hybridized carbons (Fsp3) is 0.538. The molecular formula is C13H20N2O2S. The molecule has 0 saturated carbocycles. The Morgan fingerprint density at radius 2 is 2.00 bits per heavy atom. The van der Waals surface area contributed by atoms with Gasteiger partial charge in [0.15, 0.2) is 0 Å². The summed E-state index contributed by atoms with van der Waals surface area (Å²) in [7, 11) is -3.25. The van der Waals surface area contributed by atoms with Crippen LogP contribution in [0.4, 0.5) is 0 Å². The Hall–Kier alpha value is -0.910. The molecule has 0 bridgehead atoms. The van der Waals surface area contributed by atoms with Crippen molar-refractivity contribution in [3.05, 3.63) is 35.9 Å². The molecule has 0 amide bonds. The Labute approximate surface area is 109 Å². The second-order valence-electron chi connectivity index (χ2n) is 5.06. The van der Waals surface area contributed by atoms with Crippen LogP contribution in [0.1, 0.15) is 18.9 Å². The second kappa shape index (κ2) is 5.82. The lowest BCUT2D eigenvalue weighted by Crippen LogP contribution is -2.48. The molecule has 2 atom stereocenters. The van der Waals surface area contributed by atoms with E-state index in [2.05, 4.69) is 17.0 Å². The van der Waals surface area contributed by atoms with Crippen LogP contribution in [0.3, 0.4) is 0 Å². The molecule has 1 aliphatic rings. The molecule has 4 nitrogen and oxygen atoms in total. The maximum atomic E-state index is 12.0. The Morgan fingerprint density at radius 3 is 2.67 bits per heavy atom. The van der Waals surface area contributed by atoms with Crippen LogP contribution < -0.4 is 10.0 Å². The number of hydrogen-bond donors (Lipinski definition) is 2. The van der Waals surface area contributed by atoms with Gasteiger partial charge < -0.3 is 5.32 Å². The summed E-state index contributed by atoms with van der Waals surface area (Å²) in [5.41, 5.74) is 0.821. The van der Waals surface area contributed by atoms with Crippen molar-refractivity contribution in [2.75, 3.05) is 13.1 Å². The zero-order valence-corrected chi connectivity index (χ0v) is 11.4. The van der Waals surface area contributed by atoms with Crippen LogP contribution in [0.15, 0.2) is 30.3 Å². The van der Waals surface area contributed by atoms with E-state index in [0.717, 1.165) is 25.1 Å². The minimum absolute atomic E-state index is 0.0162. The fourth-order valence-electron chi connectivity index (χ4n) is 2.34. The van der Waals surface area contributed by atoms with Gasteiger partial charge in [-0.1, -0.05) is 37.3 Å². The first-order valence-electron chi connectivity index (χ1n) is 6.30. The predicted molar refractivity (Wildman–Crippen MR) is 72.6 cm³/mol. The minimum atomic E-state index is -3.25. The van der Waals surface area contributed by atoms with E-state index in [1.807, 2.05) is 30.3 Å². The molecule has 1 heterocycles. The minimum Gasteiger partial charge on any atom is -0.315 e. The van der Waals surface area contributed by atoms with E-state index in [4.69, 9.17) is 0 Å². The van der Waals surface area contributed by atoms with Gasteiger partial charge in [-0.3, -0.25) is 0 Å². The average Bonchev–Trinajstić information content (AvgIpc) is 2.28. The number of benzene rings is 1. The molecule has 18 heavy (non-hydrogen) atoms. The van der Waals surface area contributed by atoms with Crippen molar-refractivity contribution in [2.45, 2.75) is 25.1 Å². The molecule has 0 aliphatic carbocycles. The molecule has 2 unspecified atom stereocenters. The average molecular weight is 268 g/mol. The SMILES string of the molecule is CC1CNCC(NS(=O)(=O)Cc2ccccc2)C1. The predicted octanol–water partition coefficient (Wildman–Crippen LogP) is 1.10. The summed E-state index contributed by atoms with van der Waals surface area (Å²) in [6.07, 6.45) is 0.904. The van der Waals surface area contributed by atoms with Crippen LogP contribution in [-0.4, -0.2) is 27.5 Å². The Morgan fingerprint density at radius 1 is 1.28 bits per heavy atom. The van der Waals surface area contributed by atoms with Gasteiger partial charge in [-0.15, -0.1) is 0 Å². The first kappa shape index (κ1) is 13.5. The highest BCUT2D eigenvalue weighted by molar-refractivity contribution is 7.88. The smallest absolute Gasteiger partial charge is 0.216 e. The van der Waals surface area contributed by atoms with Gasteiger partial charge in [0.2, 0.25) is 10.0 Å². The third kappa shape index (κ3) is 4.08. The molecule has 1 aromatic carbocycles. The molecule has 1 fully saturated rings. The number of hydrogen-bond acceptors (Lipinski definition) is 3. The van der Waals surface area contributed by atoms with E-state index < -0.39 is 10.0 Å². The third-order valence-electron chi connectivity index (χ3n) is 3.12. The number of nitrogens with one attached hydrogen (secondary N) is 2. The second-order valence-corrected chi connectivity index (χ2v) is 6.81. The molecular weight excluding hydrogens is 248 g/mol. The summed E-state index contributed by atoms with van der Waals surface area (Å²) < 4.78 is 26.9. The van der Waals surface area contributed by atoms with Crippen LogP contribution in [0.25, 0.3) is 0 Å². The molecule has 0 radical (unpaired) electrons. The number of rotatable bonds is 4. The molecule has 1 aromatic rings. The summed E-state index contributed by atoms with van der Waals surface area (Å²) in [5.74, 6) is 0.571. The van der Waals surface area contributed by atoms with Gasteiger partial charge in [0.05, 0.1) is 5.75 Å². The van der Waals surface area contributed by atoms with Crippen molar-refractivity contribution in [1.29, 1.82) is 0 Å². The summed E-state index contributed by atoms with van der Waals surface area (Å²) in [6.45, 7) is 3.82. The lowest BCUT2D eigenvalue weighted by Gasteiger charge is -2.28. The maximum Gasteiger partial charge on any atom is 0.216 e. The Kier molecular flexibility index (Phi) is 4.37. The van der Waals surface area contributed by atoms with E-state index in [-0.39, 0.29) is 11.8 Å². The van der Waals surface area contributed by atoms with E-state index in [1.54, 1.807) is 0 Å². The summed E-state index contributed by atoms with van der Waals surface area (Å²) >= 11 is 0. The monoisotopic (exact) mass is 268 g/mol. The molecule has 0 spiro atoms. The van der Waals surface area contributed by atoms with Gasteiger partial charge in [0.25, 0.3) is 0 Å². The van der Waals surface area contributed by atoms with Crippen molar-refractivity contribution < 1.29 is 8.42 Å². The first-order valence-corrected chi connectivity index (χ1v) is 7.95. The molecule has 2 rings (SSSR count). The zero-order chi connectivity index (χ0) is 13.0. The van der Waals surface area contributed by atoms with Crippen molar-refractivity contribution in [1.82, 2.24) is 10.0 Å². The molecule has 1 aliphatic heterocycles. The standard InChI is InChI=1S/C13H20N2O2S/c1-11-7-13(9-14-8-11)15-18(16,17)10-12-5-3-2-4-6-12/h2-6,11,13-15H,7-10H2,1H3. The van der Waals surface area contributed by atoms with Crippen molar-refractivity contribution >= 4 is 10.0 Å². The van der Waals surface area contributed by atoms with E-state index in [0.29, 0.717) is 5.92 Å². The van der Waals surface area contributed by atoms with Gasteiger partial charge in [0.1, 0.15) is 0 Å². The van der Waals surface area contributed by atoms with E-state index >= 15 is 0 Å². The van der Waals surface area contributed by atoms with Gasteiger partial charge in [0, 0.05) is 12.6 Å². The normalized spacial score (nSPS) is 24.9. The topological polar surface area (TPSA) is 58.2 Å². The van der Waals surface area contributed by atoms with Crippen molar-refractivity contribution in [3.63, 3.8) is 0 Å². The lowest BCUT2D eigenvalue weighted by molar-refractivity contribution is 0.346. The maximum absolute atomic E-state index is 12.0. The quantitative estimate of drug-likeness (QED) is 0.860. The molecule has 0 aromatic heterocycles. The first-order chi connectivity index (χ1) is 8.55. The Bertz CT molecular complexity index is 473. The van der Waals surface area contributed by atoms with E-state index in [1.165, 1.54) is 0 Å². The Balaban J connectivity index is 1.95. The van der Waals surface area contributed by atoms with Crippen LogP contribution in [0.2, 0.25) is 0 Å². The van der Waals surface area contributed by atoms with Gasteiger partial charge in [-0.2, -0.15) is 0 Å². The van der Waals surface area contributed by atoms with Crippen LogP contribution in [0.5, 0.6) is 0 Å². The summed E-state index contributed by atoms with van der Waals surface area (Å²) in [6, 6.07) is 9.28. The van der Waals surface area contributed by atoms with Crippen molar-refractivity contribution in [2.24, 2.45) is 5.92 Å². The van der Waals surface area contributed by atoms with E-state index in [9.17, 15) is 8.42 Å². The molecule has 5 heteroatoms. The zero-order valence-electron chi connectivity index (χ0n) is 10.6. The van der Waals surface area contributed by atoms with Crippen LogP contribution >= 0.6 is 0 Å². The fourth-order valence-corrected chi connectivity index (χ4v) is 3.74.